The third-order valence-corrected chi connectivity index (χ3v) is 22.0. The van der Waals surface area contributed by atoms with Crippen LogP contribution in [0.3, 0.4) is 0 Å². The molecule has 0 bridgehead atoms. The van der Waals surface area contributed by atoms with Crippen LogP contribution >= 0.6 is 0 Å². The minimum Gasteiger partial charge on any atom is -0.309 e. The van der Waals surface area contributed by atoms with Crippen molar-refractivity contribution in [1.82, 2.24) is 38.2 Å². The third kappa shape index (κ3) is 7.79. The van der Waals surface area contributed by atoms with Crippen molar-refractivity contribution >= 4 is 131 Å². The second kappa shape index (κ2) is 21.7. The lowest BCUT2D eigenvalue weighted by Gasteiger charge is -2.17. The van der Waals surface area contributed by atoms with E-state index in [1.54, 1.807) is 0 Å². The summed E-state index contributed by atoms with van der Waals surface area (Å²) in [4.78, 5) is 21.8. The van der Waals surface area contributed by atoms with Gasteiger partial charge in [-0.05, 0) is 111 Å². The summed E-state index contributed by atoms with van der Waals surface area (Å²) in [5.41, 5.74) is 27.9. The van der Waals surface area contributed by atoms with Crippen LogP contribution in [0, 0.1) is 0 Å². The summed E-state index contributed by atoms with van der Waals surface area (Å²) in [7, 11) is 0. The van der Waals surface area contributed by atoms with Crippen molar-refractivity contribution in [2.24, 2.45) is 0 Å². The molecule has 22 aromatic rings. The SMILES string of the molecule is c1ccc(-c2nc(-n3c4cccc5c4c4c6c(cccc6c6c(c7ccccc7n6-c6ccccc6)c43)-c3ccccc3-5)nc3ccccc23)cc1.c1ccc(-c2nc3ccccc3nc2-n2c3cccc4c3c3c5c(cccc5c5c(c6ccccc6n5-c5ccccc5)c32)-c2ccccc2-4)cc1. The number of nitrogens with zero attached hydrogens (tertiary/aromatic N) is 8. The highest BCUT2D eigenvalue weighted by Gasteiger charge is 2.34. The van der Waals surface area contributed by atoms with E-state index in [4.69, 9.17) is 19.9 Å². The first-order valence-corrected chi connectivity index (χ1v) is 35.6. The molecular formula is C96H56N8. The van der Waals surface area contributed by atoms with E-state index in [1.807, 2.05) is 12.1 Å². The van der Waals surface area contributed by atoms with Gasteiger partial charge in [-0.2, -0.15) is 0 Å². The highest BCUT2D eigenvalue weighted by Crippen LogP contribution is 2.57. The summed E-state index contributed by atoms with van der Waals surface area (Å²) in [6.07, 6.45) is 0. The van der Waals surface area contributed by atoms with Gasteiger partial charge in [0.05, 0.1) is 66.4 Å². The molecular weight excluding hydrogens is 1270 g/mol. The molecule has 0 unspecified atom stereocenters. The maximum Gasteiger partial charge on any atom is 0.235 e. The molecule has 0 N–H and O–H groups in total. The van der Waals surface area contributed by atoms with Crippen LogP contribution in [0.4, 0.5) is 0 Å². The van der Waals surface area contributed by atoms with Gasteiger partial charge in [-0.1, -0.05) is 273 Å². The molecule has 2 aliphatic carbocycles. The van der Waals surface area contributed by atoms with Gasteiger partial charge in [0.15, 0.2) is 5.82 Å². The number of benzene rings is 16. The minimum atomic E-state index is 0.665. The van der Waals surface area contributed by atoms with Gasteiger partial charge in [0.2, 0.25) is 5.95 Å². The highest BCUT2D eigenvalue weighted by molar-refractivity contribution is 6.43. The fourth-order valence-corrected chi connectivity index (χ4v) is 18.0. The van der Waals surface area contributed by atoms with Gasteiger partial charge >= 0.3 is 0 Å². The third-order valence-electron chi connectivity index (χ3n) is 22.0. The fraction of sp³-hybridized carbons (Fsp3) is 0. The number of hydrogen-bond donors (Lipinski definition) is 0. The summed E-state index contributed by atoms with van der Waals surface area (Å²) in [5, 5.41) is 15.8. The van der Waals surface area contributed by atoms with E-state index in [0.717, 1.165) is 83.7 Å². The first kappa shape index (κ1) is 56.8. The van der Waals surface area contributed by atoms with E-state index < -0.39 is 0 Å². The van der Waals surface area contributed by atoms with E-state index in [9.17, 15) is 0 Å². The molecule has 16 aromatic carbocycles. The molecule has 0 saturated carbocycles. The van der Waals surface area contributed by atoms with Crippen molar-refractivity contribution in [3.05, 3.63) is 340 Å². The Bertz CT molecular complexity index is 7450. The van der Waals surface area contributed by atoms with Crippen molar-refractivity contribution in [3.63, 3.8) is 0 Å². The summed E-state index contributed by atoms with van der Waals surface area (Å²) >= 11 is 0. The van der Waals surface area contributed by atoms with Crippen LogP contribution in [-0.4, -0.2) is 38.2 Å². The number of rotatable bonds is 6. The summed E-state index contributed by atoms with van der Waals surface area (Å²) in [6.45, 7) is 0. The lowest BCUT2D eigenvalue weighted by atomic mass is 9.92. The van der Waals surface area contributed by atoms with Crippen LogP contribution in [0.5, 0.6) is 0 Å². The van der Waals surface area contributed by atoms with Crippen LogP contribution in [0.1, 0.15) is 0 Å². The monoisotopic (exact) mass is 1320 g/mol. The lowest BCUT2D eigenvalue weighted by Crippen LogP contribution is -2.04. The molecule has 0 radical (unpaired) electrons. The molecule has 6 heterocycles. The Balaban J connectivity index is 0.000000127. The van der Waals surface area contributed by atoms with Gasteiger partial charge in [-0.25, -0.2) is 19.9 Å². The van der Waals surface area contributed by atoms with Crippen LogP contribution in [0.25, 0.3) is 221 Å². The molecule has 0 spiro atoms. The van der Waals surface area contributed by atoms with Crippen LogP contribution in [-0.2, 0) is 0 Å². The molecule has 24 rings (SSSR count). The van der Waals surface area contributed by atoms with Crippen molar-refractivity contribution in [2.75, 3.05) is 0 Å². The quantitative estimate of drug-likeness (QED) is 0.166. The van der Waals surface area contributed by atoms with Crippen molar-refractivity contribution in [1.29, 1.82) is 0 Å². The summed E-state index contributed by atoms with van der Waals surface area (Å²) in [5.74, 6) is 1.49. The zero-order chi connectivity index (χ0) is 67.8. The van der Waals surface area contributed by atoms with Gasteiger partial charge < -0.3 is 9.13 Å². The second-order valence-corrected chi connectivity index (χ2v) is 27.4. The molecule has 0 fully saturated rings. The first-order valence-electron chi connectivity index (χ1n) is 35.6. The smallest absolute Gasteiger partial charge is 0.235 e. The van der Waals surface area contributed by atoms with Gasteiger partial charge in [0, 0.05) is 92.5 Å². The van der Waals surface area contributed by atoms with E-state index in [2.05, 4.69) is 346 Å². The Kier molecular flexibility index (Phi) is 11.9. The largest absolute Gasteiger partial charge is 0.309 e. The van der Waals surface area contributed by atoms with Gasteiger partial charge in [0.25, 0.3) is 0 Å². The van der Waals surface area contributed by atoms with Gasteiger partial charge in [-0.15, -0.1) is 0 Å². The first-order chi connectivity index (χ1) is 51.7. The lowest BCUT2D eigenvalue weighted by molar-refractivity contribution is 1.02. The molecule has 8 nitrogen and oxygen atoms in total. The van der Waals surface area contributed by atoms with Gasteiger partial charge in [0.1, 0.15) is 5.69 Å². The van der Waals surface area contributed by atoms with E-state index in [0.29, 0.717) is 5.95 Å². The zero-order valence-electron chi connectivity index (χ0n) is 55.9. The summed E-state index contributed by atoms with van der Waals surface area (Å²) in [6, 6.07) is 122. The predicted molar refractivity (Wildman–Crippen MR) is 431 cm³/mol. The Morgan fingerprint density at radius 1 is 0.183 bits per heavy atom. The molecule has 8 heteroatoms. The average Bonchev–Trinajstić information content (AvgIpc) is 1.53. The standard InChI is InChI=1S/2C48H28N4/c1-3-15-29(16-4-1)45-48(50-38-26-11-10-25-37(38)49-45)52-40-28-14-23-34-32-20-8-7-19-31(32)33-22-13-24-36-41(33)44(42(34)40)47(52)43-35-21-9-12-27-39(35)51(46(36)43)30-17-5-2-6-18-30;1-3-15-29(16-4-1)45-35-21-9-11-26-38(35)49-48(50-45)52-40-28-14-24-34-32-20-8-7-19-31(32)33-23-13-25-37-41(33)44(42(34)40)47(52)43-36-22-10-12-27-39(36)51(46(37)43)30-17-5-2-6-18-30/h2*1-28H. The molecule has 0 aliphatic heterocycles. The molecule has 0 atom stereocenters. The second-order valence-electron chi connectivity index (χ2n) is 27.4. The van der Waals surface area contributed by atoms with Crippen molar-refractivity contribution in [3.8, 4) is 90.2 Å². The highest BCUT2D eigenvalue weighted by atomic mass is 15.2. The zero-order valence-corrected chi connectivity index (χ0v) is 55.9. The number of aromatic nitrogens is 8. The van der Waals surface area contributed by atoms with E-state index >= 15 is 0 Å². The number of hydrogen-bond acceptors (Lipinski definition) is 4. The number of para-hydroxylation sites is 7. The Hall–Kier alpha value is -14.1. The predicted octanol–water partition coefficient (Wildman–Crippen LogP) is 24.6. The average molecular weight is 1320 g/mol. The number of fused-ring (bicyclic) bond motifs is 18. The van der Waals surface area contributed by atoms with Crippen LogP contribution < -0.4 is 0 Å². The van der Waals surface area contributed by atoms with Gasteiger partial charge in [-0.3, -0.25) is 9.13 Å². The molecule has 104 heavy (non-hydrogen) atoms. The van der Waals surface area contributed by atoms with Crippen molar-refractivity contribution < 1.29 is 0 Å². The Labute approximate surface area is 595 Å². The molecule has 6 aromatic heterocycles. The maximum absolute atomic E-state index is 5.53. The van der Waals surface area contributed by atoms with Crippen molar-refractivity contribution in [2.45, 2.75) is 0 Å². The fourth-order valence-electron chi connectivity index (χ4n) is 18.0. The molecule has 0 saturated heterocycles. The molecule has 0 amide bonds. The van der Waals surface area contributed by atoms with Crippen LogP contribution in [0.15, 0.2) is 340 Å². The minimum absolute atomic E-state index is 0.665. The van der Waals surface area contributed by atoms with Crippen LogP contribution in [0.2, 0.25) is 0 Å². The topological polar surface area (TPSA) is 71.3 Å². The maximum atomic E-state index is 5.53. The van der Waals surface area contributed by atoms with E-state index in [1.165, 1.54) is 131 Å². The molecule has 2 aliphatic rings. The Morgan fingerprint density at radius 3 is 1.05 bits per heavy atom. The summed E-state index contributed by atoms with van der Waals surface area (Å²) < 4.78 is 9.72. The van der Waals surface area contributed by atoms with E-state index in [-0.39, 0.29) is 0 Å². The normalized spacial score (nSPS) is 12.2. The molecule has 480 valence electrons. The Morgan fingerprint density at radius 2 is 0.538 bits per heavy atom.